The maximum atomic E-state index is 12.2. The summed E-state index contributed by atoms with van der Waals surface area (Å²) in [5.74, 6) is 0.155. The van der Waals surface area contributed by atoms with Crippen LogP contribution in [0.2, 0.25) is 0 Å². The Kier molecular flexibility index (Phi) is 2.41. The van der Waals surface area contributed by atoms with Gasteiger partial charge in [0.05, 0.1) is 0 Å². The fourth-order valence-electron chi connectivity index (χ4n) is 3.01. The van der Waals surface area contributed by atoms with Crippen molar-refractivity contribution >= 4 is 11.6 Å². The van der Waals surface area contributed by atoms with Crippen molar-refractivity contribution in [2.24, 2.45) is 11.3 Å². The Morgan fingerprint density at radius 3 is 2.44 bits per heavy atom. The van der Waals surface area contributed by atoms with Gasteiger partial charge in [0.15, 0.2) is 11.6 Å². The van der Waals surface area contributed by atoms with E-state index in [2.05, 4.69) is 13.8 Å². The second kappa shape index (κ2) is 3.41. The van der Waals surface area contributed by atoms with Gasteiger partial charge >= 0.3 is 0 Å². The third-order valence-electron chi connectivity index (χ3n) is 4.22. The Morgan fingerprint density at radius 1 is 1.19 bits per heavy atom. The lowest BCUT2D eigenvalue weighted by molar-refractivity contribution is -0.136. The monoisotopic (exact) mass is 218 g/mol. The second-order valence-corrected chi connectivity index (χ2v) is 5.47. The van der Waals surface area contributed by atoms with Gasteiger partial charge in [0.1, 0.15) is 0 Å². The highest BCUT2D eigenvalue weighted by Crippen LogP contribution is 2.48. The Morgan fingerprint density at radius 2 is 1.81 bits per heavy atom. The van der Waals surface area contributed by atoms with Crippen molar-refractivity contribution in [3.8, 4) is 0 Å². The largest absolute Gasteiger partial charge is 0.294 e. The number of carbonyl (C=O) groups is 2. The van der Waals surface area contributed by atoms with Crippen LogP contribution in [0.25, 0.3) is 0 Å². The summed E-state index contributed by atoms with van der Waals surface area (Å²) >= 11 is 0. The zero-order valence-corrected chi connectivity index (χ0v) is 10.4. The van der Waals surface area contributed by atoms with Gasteiger partial charge in [-0.15, -0.1) is 0 Å². The van der Waals surface area contributed by atoms with E-state index in [1.165, 1.54) is 17.2 Å². The number of carbonyl (C=O) groups excluding carboxylic acids is 2. The minimum atomic E-state index is -0.487. The van der Waals surface area contributed by atoms with Crippen molar-refractivity contribution in [2.75, 3.05) is 0 Å². The Balaban J connectivity index is 2.51. The first-order valence-corrected chi connectivity index (χ1v) is 5.78. The molecule has 0 saturated carbocycles. The molecule has 2 nitrogen and oxygen atoms in total. The Hall–Kier alpha value is -1.18. The van der Waals surface area contributed by atoms with Crippen LogP contribution in [0.1, 0.15) is 40.5 Å². The highest BCUT2D eigenvalue weighted by molar-refractivity contribution is 6.12. The topological polar surface area (TPSA) is 34.1 Å². The molecule has 0 fully saturated rings. The number of fused-ring (bicyclic) bond motifs is 1. The summed E-state index contributed by atoms with van der Waals surface area (Å²) in [6, 6.07) is 0. The lowest BCUT2D eigenvalue weighted by Crippen LogP contribution is -2.45. The number of allylic oxidation sites excluding steroid dienone is 4. The number of rotatable bonds is 0. The molecule has 2 rings (SSSR count). The van der Waals surface area contributed by atoms with E-state index in [-0.39, 0.29) is 17.5 Å². The minimum absolute atomic E-state index is 0.131. The first-order valence-electron chi connectivity index (χ1n) is 5.78. The van der Waals surface area contributed by atoms with Gasteiger partial charge in [-0.25, -0.2) is 0 Å². The van der Waals surface area contributed by atoms with E-state index in [9.17, 15) is 9.59 Å². The molecule has 0 N–H and O–H groups in total. The van der Waals surface area contributed by atoms with Crippen LogP contribution in [0.15, 0.2) is 22.8 Å². The SMILES string of the molecule is CC1=CC(=O)[C@H]2CC(C)=C(C)C[C@]2(C)C1=O. The zero-order valence-electron chi connectivity index (χ0n) is 10.4. The van der Waals surface area contributed by atoms with Gasteiger partial charge in [0.25, 0.3) is 0 Å². The molecule has 0 aliphatic heterocycles. The van der Waals surface area contributed by atoms with Crippen LogP contribution in [-0.2, 0) is 9.59 Å². The first-order chi connectivity index (χ1) is 7.36. The van der Waals surface area contributed by atoms with E-state index in [1.54, 1.807) is 6.92 Å². The van der Waals surface area contributed by atoms with Gasteiger partial charge in [-0.1, -0.05) is 18.1 Å². The predicted molar refractivity (Wildman–Crippen MR) is 63.0 cm³/mol. The predicted octanol–water partition coefficient (Wildman–Crippen LogP) is 2.84. The van der Waals surface area contributed by atoms with Crippen LogP contribution in [-0.4, -0.2) is 11.6 Å². The van der Waals surface area contributed by atoms with Gasteiger partial charge in [-0.3, -0.25) is 9.59 Å². The molecular formula is C14H18O2. The average molecular weight is 218 g/mol. The van der Waals surface area contributed by atoms with E-state index >= 15 is 0 Å². The zero-order chi connectivity index (χ0) is 12.1. The average Bonchev–Trinajstić information content (AvgIpc) is 2.20. The summed E-state index contributed by atoms with van der Waals surface area (Å²) in [6.07, 6.45) is 3.01. The first kappa shape index (κ1) is 11.3. The summed E-state index contributed by atoms with van der Waals surface area (Å²) in [7, 11) is 0. The molecule has 0 radical (unpaired) electrons. The molecule has 0 amide bonds. The third-order valence-corrected chi connectivity index (χ3v) is 4.22. The van der Waals surface area contributed by atoms with Crippen molar-refractivity contribution in [2.45, 2.75) is 40.5 Å². The molecule has 0 bridgehead atoms. The van der Waals surface area contributed by atoms with Gasteiger partial charge in [-0.2, -0.15) is 0 Å². The molecule has 0 unspecified atom stereocenters. The molecule has 2 aliphatic rings. The highest BCUT2D eigenvalue weighted by Gasteiger charge is 2.49. The number of hydrogen-bond acceptors (Lipinski definition) is 2. The molecule has 0 aromatic carbocycles. The number of hydrogen-bond donors (Lipinski definition) is 0. The smallest absolute Gasteiger partial charge is 0.165 e. The quantitative estimate of drug-likeness (QED) is 0.586. The molecule has 0 heterocycles. The van der Waals surface area contributed by atoms with Crippen LogP contribution < -0.4 is 0 Å². The molecule has 2 aliphatic carbocycles. The van der Waals surface area contributed by atoms with Gasteiger partial charge in [0, 0.05) is 11.3 Å². The maximum Gasteiger partial charge on any atom is 0.165 e. The van der Waals surface area contributed by atoms with Crippen LogP contribution in [0.3, 0.4) is 0 Å². The van der Waals surface area contributed by atoms with Crippen molar-refractivity contribution in [3.63, 3.8) is 0 Å². The third kappa shape index (κ3) is 1.40. The molecule has 2 atom stereocenters. The molecule has 0 aromatic heterocycles. The molecule has 86 valence electrons. The van der Waals surface area contributed by atoms with E-state index < -0.39 is 5.41 Å². The molecule has 2 heteroatoms. The Bertz CT molecular complexity index is 440. The Labute approximate surface area is 96.4 Å². The van der Waals surface area contributed by atoms with Crippen molar-refractivity contribution in [3.05, 3.63) is 22.8 Å². The molecule has 16 heavy (non-hydrogen) atoms. The normalized spacial score (nSPS) is 35.0. The van der Waals surface area contributed by atoms with Crippen LogP contribution in [0.4, 0.5) is 0 Å². The second-order valence-electron chi connectivity index (χ2n) is 5.47. The fraction of sp³-hybridized carbons (Fsp3) is 0.571. The van der Waals surface area contributed by atoms with Gasteiger partial charge in [0.2, 0.25) is 0 Å². The van der Waals surface area contributed by atoms with Crippen LogP contribution in [0.5, 0.6) is 0 Å². The summed E-state index contributed by atoms with van der Waals surface area (Å²) in [4.78, 5) is 24.2. The van der Waals surface area contributed by atoms with Crippen molar-refractivity contribution in [1.29, 1.82) is 0 Å². The van der Waals surface area contributed by atoms with E-state index in [0.29, 0.717) is 5.57 Å². The van der Waals surface area contributed by atoms with Crippen LogP contribution >= 0.6 is 0 Å². The summed E-state index contributed by atoms with van der Waals surface area (Å²) in [5.41, 5.74) is 2.68. The summed E-state index contributed by atoms with van der Waals surface area (Å²) in [6.45, 7) is 7.84. The molecular weight excluding hydrogens is 200 g/mol. The lowest BCUT2D eigenvalue weighted by atomic mass is 9.59. The molecule has 0 spiro atoms. The minimum Gasteiger partial charge on any atom is -0.294 e. The van der Waals surface area contributed by atoms with Crippen LogP contribution in [0, 0.1) is 11.3 Å². The summed E-state index contributed by atoms with van der Waals surface area (Å²) < 4.78 is 0. The highest BCUT2D eigenvalue weighted by atomic mass is 16.1. The lowest BCUT2D eigenvalue weighted by Gasteiger charge is -2.42. The number of Topliss-reactive ketones (excluding diaryl/α,β-unsaturated/α-hetero) is 1. The van der Waals surface area contributed by atoms with Gasteiger partial charge < -0.3 is 0 Å². The van der Waals surface area contributed by atoms with E-state index in [1.807, 2.05) is 6.92 Å². The van der Waals surface area contributed by atoms with Crippen molar-refractivity contribution in [1.82, 2.24) is 0 Å². The summed E-state index contributed by atoms with van der Waals surface area (Å²) in [5, 5.41) is 0. The van der Waals surface area contributed by atoms with Crippen molar-refractivity contribution < 1.29 is 9.59 Å². The fourth-order valence-corrected chi connectivity index (χ4v) is 3.01. The molecule has 0 saturated heterocycles. The maximum absolute atomic E-state index is 12.2. The number of ketones is 2. The standard InChI is InChI=1S/C14H18O2/c1-8-5-11-12(15)6-9(2)13(16)14(11,4)7-10(8)3/h6,11H,5,7H2,1-4H3/t11-,14+/m1/s1. The van der Waals surface area contributed by atoms with Gasteiger partial charge in [-0.05, 0) is 45.3 Å². The van der Waals surface area contributed by atoms with E-state index in [4.69, 9.17) is 0 Å². The van der Waals surface area contributed by atoms with E-state index in [0.717, 1.165) is 12.8 Å². The molecule has 0 aromatic rings.